The van der Waals surface area contributed by atoms with Crippen molar-refractivity contribution in [1.82, 2.24) is 9.55 Å². The molecule has 2 aromatic rings. The van der Waals surface area contributed by atoms with E-state index < -0.39 is 34.9 Å². The molecule has 9 heteroatoms. The van der Waals surface area contributed by atoms with Gasteiger partial charge in [-0.3, -0.25) is 14.3 Å². The van der Waals surface area contributed by atoms with E-state index in [2.05, 4.69) is 0 Å². The summed E-state index contributed by atoms with van der Waals surface area (Å²) < 4.78 is 44.1. The van der Waals surface area contributed by atoms with Gasteiger partial charge in [0.1, 0.15) is 17.9 Å². The van der Waals surface area contributed by atoms with Crippen LogP contribution in [0.2, 0.25) is 0 Å². The van der Waals surface area contributed by atoms with Crippen LogP contribution < -0.4 is 11.2 Å². The monoisotopic (exact) mass is 376 g/mol. The Morgan fingerprint density at radius 2 is 2.00 bits per heavy atom. The van der Waals surface area contributed by atoms with Crippen LogP contribution in [0.5, 0.6) is 0 Å². The van der Waals surface area contributed by atoms with Crippen molar-refractivity contribution in [3.8, 4) is 0 Å². The number of benzene rings is 1. The first-order valence-electron chi connectivity index (χ1n) is 8.06. The second-order valence-electron chi connectivity index (χ2n) is 5.71. The Balaban J connectivity index is 0.000000532. The van der Waals surface area contributed by atoms with E-state index >= 15 is 0 Å². The van der Waals surface area contributed by atoms with Crippen LogP contribution in [0, 0.1) is 17.5 Å². The number of nitrogens with zero attached hydrogens (tertiary/aromatic N) is 1. The number of aliphatic hydroxyl groups is 1. The highest BCUT2D eigenvalue weighted by atomic mass is 19.1. The van der Waals surface area contributed by atoms with Crippen LogP contribution in [0.25, 0.3) is 0 Å². The summed E-state index contributed by atoms with van der Waals surface area (Å²) >= 11 is 0. The smallest absolute Gasteiger partial charge is 0.330 e. The van der Waals surface area contributed by atoms with Crippen molar-refractivity contribution in [2.24, 2.45) is 0 Å². The minimum Gasteiger partial charge on any atom is -0.394 e. The number of aromatic amines is 1. The number of H-pyrrole nitrogens is 1. The predicted octanol–water partition coefficient (Wildman–Crippen LogP) is 2.36. The fraction of sp³-hybridized carbons (Fsp3) is 0.412. The molecule has 0 spiro atoms. The number of aliphatic hydroxyl groups excluding tert-OH is 1. The maximum absolute atomic E-state index is 13.0. The minimum atomic E-state index is -1.04. The standard InChI is InChI=1S/C9H11FN2O4.C8H8F2.2H2/c10-6-3-12(9(15)11-8(6)14)7-2-1-5(4-13)16-7;1-2-6-3-4-7(9)5-8(6)10;;/h3,5,7,13H,1-2,4H2,(H,11,14,15);3-5H,2H2,1H3;2*1H/t5-,7+;;;/m0.../s1. The van der Waals surface area contributed by atoms with E-state index in [9.17, 15) is 22.8 Å². The third-order valence-electron chi connectivity index (χ3n) is 3.92. The van der Waals surface area contributed by atoms with E-state index in [4.69, 9.17) is 9.84 Å². The molecule has 1 aliphatic heterocycles. The lowest BCUT2D eigenvalue weighted by atomic mass is 10.1. The number of aromatic nitrogens is 2. The Hall–Kier alpha value is -2.39. The topological polar surface area (TPSA) is 84.3 Å². The Bertz CT molecular complexity index is 876. The van der Waals surface area contributed by atoms with E-state index in [0.29, 0.717) is 24.8 Å². The normalized spacial score (nSPS) is 19.1. The molecule has 1 saturated heterocycles. The first-order valence-corrected chi connectivity index (χ1v) is 8.06. The largest absolute Gasteiger partial charge is 0.394 e. The van der Waals surface area contributed by atoms with Crippen molar-refractivity contribution < 1.29 is 25.9 Å². The van der Waals surface area contributed by atoms with Gasteiger partial charge < -0.3 is 9.84 Å². The number of aryl methyl sites for hydroxylation is 1. The zero-order valence-corrected chi connectivity index (χ0v) is 14.0. The van der Waals surface area contributed by atoms with Gasteiger partial charge in [0.15, 0.2) is 0 Å². The first-order chi connectivity index (χ1) is 12.3. The van der Waals surface area contributed by atoms with Crippen LogP contribution in [0.3, 0.4) is 0 Å². The summed E-state index contributed by atoms with van der Waals surface area (Å²) in [6.45, 7) is 1.69. The number of hydrogen-bond donors (Lipinski definition) is 2. The Morgan fingerprint density at radius 1 is 1.27 bits per heavy atom. The molecule has 1 aromatic heterocycles. The second kappa shape index (κ2) is 8.81. The molecule has 2 atom stereocenters. The lowest BCUT2D eigenvalue weighted by molar-refractivity contribution is -0.0250. The molecular formula is C17H23F3N2O4. The summed E-state index contributed by atoms with van der Waals surface area (Å²) in [4.78, 5) is 24.0. The van der Waals surface area contributed by atoms with Crippen LogP contribution >= 0.6 is 0 Å². The Kier molecular flexibility index (Phi) is 6.76. The quantitative estimate of drug-likeness (QED) is 0.861. The fourth-order valence-corrected chi connectivity index (χ4v) is 2.51. The highest BCUT2D eigenvalue weighted by molar-refractivity contribution is 5.18. The van der Waals surface area contributed by atoms with Crippen molar-refractivity contribution in [3.63, 3.8) is 0 Å². The lowest BCUT2D eigenvalue weighted by Gasteiger charge is -2.14. The van der Waals surface area contributed by atoms with Gasteiger partial charge >= 0.3 is 5.69 Å². The molecule has 0 unspecified atom stereocenters. The molecule has 0 saturated carbocycles. The van der Waals surface area contributed by atoms with Crippen molar-refractivity contribution in [1.29, 1.82) is 0 Å². The maximum atomic E-state index is 13.0. The fourth-order valence-electron chi connectivity index (χ4n) is 2.51. The summed E-state index contributed by atoms with van der Waals surface area (Å²) in [7, 11) is 0. The molecule has 1 aliphatic rings. The zero-order chi connectivity index (χ0) is 19.3. The van der Waals surface area contributed by atoms with Crippen molar-refractivity contribution in [3.05, 3.63) is 68.2 Å². The second-order valence-corrected chi connectivity index (χ2v) is 5.71. The average molecular weight is 376 g/mol. The summed E-state index contributed by atoms with van der Waals surface area (Å²) in [6.07, 6.45) is 1.55. The van der Waals surface area contributed by atoms with Gasteiger partial charge in [-0.2, -0.15) is 4.39 Å². The van der Waals surface area contributed by atoms with Crippen LogP contribution in [0.15, 0.2) is 34.0 Å². The molecule has 1 fully saturated rings. The average Bonchev–Trinajstić information content (AvgIpc) is 3.08. The van der Waals surface area contributed by atoms with E-state index in [0.717, 1.165) is 16.8 Å². The number of halogens is 3. The highest BCUT2D eigenvalue weighted by Crippen LogP contribution is 2.26. The van der Waals surface area contributed by atoms with Crippen LogP contribution in [0.1, 0.15) is 34.4 Å². The third kappa shape index (κ3) is 4.83. The van der Waals surface area contributed by atoms with Gasteiger partial charge in [-0.1, -0.05) is 13.0 Å². The molecule has 2 N–H and O–H groups in total. The summed E-state index contributed by atoms with van der Waals surface area (Å²) in [6, 6.07) is 3.63. The molecule has 6 nitrogen and oxygen atoms in total. The van der Waals surface area contributed by atoms with Crippen LogP contribution in [-0.2, 0) is 11.2 Å². The van der Waals surface area contributed by atoms with Gasteiger partial charge in [0, 0.05) is 8.92 Å². The molecule has 0 amide bonds. The van der Waals surface area contributed by atoms with E-state index in [1.54, 1.807) is 0 Å². The van der Waals surface area contributed by atoms with Gasteiger partial charge in [-0.15, -0.1) is 0 Å². The van der Waals surface area contributed by atoms with Crippen molar-refractivity contribution in [2.45, 2.75) is 38.5 Å². The molecule has 146 valence electrons. The minimum absolute atomic E-state index is 0. The summed E-state index contributed by atoms with van der Waals surface area (Å²) in [5.74, 6) is -2.01. The van der Waals surface area contributed by atoms with E-state index in [1.807, 2.05) is 11.9 Å². The number of rotatable bonds is 3. The lowest BCUT2D eigenvalue weighted by Crippen LogP contribution is -2.34. The number of hydrogen-bond acceptors (Lipinski definition) is 4. The number of ether oxygens (including phenoxy) is 1. The van der Waals surface area contributed by atoms with Gasteiger partial charge in [0.25, 0.3) is 5.56 Å². The first kappa shape index (κ1) is 19.9. The Morgan fingerprint density at radius 3 is 2.58 bits per heavy atom. The highest BCUT2D eigenvalue weighted by Gasteiger charge is 2.27. The third-order valence-corrected chi connectivity index (χ3v) is 3.92. The SMILES string of the molecule is CCc1ccc(F)cc1F.O=c1[nH]c(=O)n([C@H]2CC[C@@H](CO)O2)cc1F.[HH].[HH]. The zero-order valence-electron chi connectivity index (χ0n) is 14.0. The van der Waals surface area contributed by atoms with Gasteiger partial charge in [0.2, 0.25) is 5.82 Å². The van der Waals surface area contributed by atoms with Gasteiger partial charge in [0.05, 0.1) is 18.9 Å². The summed E-state index contributed by atoms with van der Waals surface area (Å²) in [5.41, 5.74) is -1.20. The molecule has 1 aromatic carbocycles. The van der Waals surface area contributed by atoms with Crippen LogP contribution in [0.4, 0.5) is 13.2 Å². The number of nitrogens with one attached hydrogen (secondary N) is 1. The molecule has 0 bridgehead atoms. The van der Waals surface area contributed by atoms with Crippen molar-refractivity contribution in [2.75, 3.05) is 6.61 Å². The van der Waals surface area contributed by atoms with Crippen molar-refractivity contribution >= 4 is 0 Å². The molecule has 0 radical (unpaired) electrons. The molecule has 0 aliphatic carbocycles. The van der Waals surface area contributed by atoms with E-state index in [-0.39, 0.29) is 15.6 Å². The van der Waals surface area contributed by atoms with Gasteiger partial charge in [-0.25, -0.2) is 13.6 Å². The maximum Gasteiger partial charge on any atom is 0.330 e. The molecule has 26 heavy (non-hydrogen) atoms. The van der Waals surface area contributed by atoms with E-state index in [1.165, 1.54) is 12.1 Å². The van der Waals surface area contributed by atoms with Crippen LogP contribution in [-0.4, -0.2) is 27.4 Å². The predicted molar refractivity (Wildman–Crippen MR) is 91.5 cm³/mol. The molecule has 2 heterocycles. The van der Waals surface area contributed by atoms with Gasteiger partial charge in [-0.05, 0) is 30.9 Å². The molecular weight excluding hydrogens is 353 g/mol. The summed E-state index contributed by atoms with van der Waals surface area (Å²) in [5, 5.41) is 8.85. The molecule has 3 rings (SSSR count). The Labute approximate surface area is 149 Å².